The molecule has 2 aromatic heterocycles. The van der Waals surface area contributed by atoms with Gasteiger partial charge in [0.15, 0.2) is 0 Å². The molecule has 8 heteroatoms. The number of nitrogens with one attached hydrogen (secondary N) is 1. The summed E-state index contributed by atoms with van der Waals surface area (Å²) in [6, 6.07) is 7.62. The van der Waals surface area contributed by atoms with Crippen LogP contribution in [0, 0.1) is 0 Å². The number of fused-ring (bicyclic) bond motifs is 1. The van der Waals surface area contributed by atoms with Gasteiger partial charge in [0.05, 0.1) is 13.7 Å². The summed E-state index contributed by atoms with van der Waals surface area (Å²) in [6.45, 7) is 2.45. The highest BCUT2D eigenvalue weighted by Crippen LogP contribution is 2.24. The topological polar surface area (TPSA) is 99.4 Å². The van der Waals surface area contributed by atoms with Crippen molar-refractivity contribution in [3.05, 3.63) is 41.9 Å². The minimum Gasteiger partial charge on any atom is -0.497 e. The van der Waals surface area contributed by atoms with E-state index < -0.39 is 5.97 Å². The second-order valence-corrected chi connectivity index (χ2v) is 4.86. The van der Waals surface area contributed by atoms with Gasteiger partial charge in [0.25, 0.3) is 5.71 Å². The Bertz CT molecular complexity index is 862. The molecular formula is C16H16N4O4. The first-order valence-corrected chi connectivity index (χ1v) is 7.37. The van der Waals surface area contributed by atoms with Crippen molar-refractivity contribution in [1.29, 1.82) is 0 Å². The molecule has 0 unspecified atom stereocenters. The fraction of sp³-hybridized carbons (Fsp3) is 0.250. The van der Waals surface area contributed by atoms with Gasteiger partial charge in [-0.1, -0.05) is 17.3 Å². The van der Waals surface area contributed by atoms with Crippen LogP contribution in [0.15, 0.2) is 35.1 Å². The van der Waals surface area contributed by atoms with Crippen LogP contribution in [-0.4, -0.2) is 34.8 Å². The number of hydrogen-bond acceptors (Lipinski definition) is 8. The number of rotatable bonds is 6. The Morgan fingerprint density at radius 2 is 2.21 bits per heavy atom. The van der Waals surface area contributed by atoms with Crippen molar-refractivity contribution in [2.45, 2.75) is 13.5 Å². The lowest BCUT2D eigenvalue weighted by Crippen LogP contribution is -2.08. The molecule has 24 heavy (non-hydrogen) atoms. The predicted octanol–water partition coefficient (Wildman–Crippen LogP) is 2.42. The molecule has 3 aromatic rings. The Balaban J connectivity index is 1.88. The summed E-state index contributed by atoms with van der Waals surface area (Å²) < 4.78 is 15.3. The number of esters is 1. The molecule has 124 valence electrons. The van der Waals surface area contributed by atoms with Crippen LogP contribution in [0.5, 0.6) is 5.75 Å². The third kappa shape index (κ3) is 3.12. The van der Waals surface area contributed by atoms with Gasteiger partial charge in [-0.3, -0.25) is 0 Å². The van der Waals surface area contributed by atoms with Gasteiger partial charge < -0.3 is 19.3 Å². The number of benzene rings is 1. The molecule has 1 aromatic carbocycles. The van der Waals surface area contributed by atoms with Crippen LogP contribution in [-0.2, 0) is 11.3 Å². The molecule has 8 nitrogen and oxygen atoms in total. The van der Waals surface area contributed by atoms with Crippen LogP contribution in [0.25, 0.3) is 11.1 Å². The summed E-state index contributed by atoms with van der Waals surface area (Å²) >= 11 is 0. The maximum absolute atomic E-state index is 12.0. The maximum Gasteiger partial charge on any atom is 0.361 e. The first kappa shape index (κ1) is 15.7. The van der Waals surface area contributed by atoms with Gasteiger partial charge in [-0.2, -0.15) is 4.98 Å². The standard InChI is InChI=1S/C16H16N4O4/c1-3-23-16(21)13-12-14(18-9-19-15(12)24-20-13)17-8-10-5-4-6-11(7-10)22-2/h4-7,9H,3,8H2,1-2H3,(H,17,18,19). The second-order valence-electron chi connectivity index (χ2n) is 4.86. The molecule has 1 N–H and O–H groups in total. The van der Waals surface area contributed by atoms with E-state index in [9.17, 15) is 4.79 Å². The summed E-state index contributed by atoms with van der Waals surface area (Å²) in [6.07, 6.45) is 1.34. The van der Waals surface area contributed by atoms with Crippen LogP contribution in [0.4, 0.5) is 5.82 Å². The predicted molar refractivity (Wildman–Crippen MR) is 85.9 cm³/mol. The van der Waals surface area contributed by atoms with E-state index in [1.165, 1.54) is 6.33 Å². The number of nitrogens with zero attached hydrogens (tertiary/aromatic N) is 3. The first-order chi connectivity index (χ1) is 11.7. The van der Waals surface area contributed by atoms with Crippen molar-refractivity contribution in [1.82, 2.24) is 15.1 Å². The lowest BCUT2D eigenvalue weighted by atomic mass is 10.2. The number of methoxy groups -OCH3 is 1. The van der Waals surface area contributed by atoms with Crippen molar-refractivity contribution >= 4 is 22.9 Å². The smallest absolute Gasteiger partial charge is 0.361 e. The van der Waals surface area contributed by atoms with Gasteiger partial charge >= 0.3 is 5.97 Å². The lowest BCUT2D eigenvalue weighted by molar-refractivity contribution is 0.0517. The number of carbonyl (C=O) groups excluding carboxylic acids is 1. The third-order valence-electron chi connectivity index (χ3n) is 3.34. The molecule has 0 bridgehead atoms. The largest absolute Gasteiger partial charge is 0.497 e. The average molecular weight is 328 g/mol. The molecule has 0 aliphatic heterocycles. The van der Waals surface area contributed by atoms with Crippen molar-refractivity contribution in [2.24, 2.45) is 0 Å². The SMILES string of the molecule is CCOC(=O)c1noc2ncnc(NCc3cccc(OC)c3)c12. The first-order valence-electron chi connectivity index (χ1n) is 7.37. The fourth-order valence-corrected chi connectivity index (χ4v) is 2.23. The molecule has 0 aliphatic carbocycles. The number of hydrogen-bond donors (Lipinski definition) is 1. The Kier molecular flexibility index (Phi) is 4.55. The Hall–Kier alpha value is -3.16. The van der Waals surface area contributed by atoms with Gasteiger partial charge in [-0.15, -0.1) is 0 Å². The molecule has 0 saturated carbocycles. The molecule has 0 amide bonds. The number of ether oxygens (including phenoxy) is 2. The van der Waals surface area contributed by atoms with Crippen molar-refractivity contribution < 1.29 is 18.8 Å². The van der Waals surface area contributed by atoms with Crippen LogP contribution in [0.3, 0.4) is 0 Å². The van der Waals surface area contributed by atoms with E-state index in [4.69, 9.17) is 14.0 Å². The van der Waals surface area contributed by atoms with Gasteiger partial charge in [-0.05, 0) is 24.6 Å². The minimum absolute atomic E-state index is 0.0561. The molecule has 0 atom stereocenters. The maximum atomic E-state index is 12.0. The number of anilines is 1. The van der Waals surface area contributed by atoms with Crippen LogP contribution in [0.2, 0.25) is 0 Å². The average Bonchev–Trinajstić information content (AvgIpc) is 3.05. The van der Waals surface area contributed by atoms with Crippen molar-refractivity contribution in [3.8, 4) is 5.75 Å². The van der Waals surface area contributed by atoms with Crippen LogP contribution >= 0.6 is 0 Å². The van der Waals surface area contributed by atoms with E-state index >= 15 is 0 Å². The second kappa shape index (κ2) is 6.95. The molecule has 0 radical (unpaired) electrons. The highest BCUT2D eigenvalue weighted by molar-refractivity contribution is 6.04. The van der Waals surface area contributed by atoms with Crippen molar-refractivity contribution in [3.63, 3.8) is 0 Å². The molecule has 3 rings (SSSR count). The molecule has 2 heterocycles. The molecule has 0 saturated heterocycles. The normalized spacial score (nSPS) is 10.6. The molecule has 0 fully saturated rings. The van der Waals surface area contributed by atoms with Crippen LogP contribution in [0.1, 0.15) is 23.0 Å². The van der Waals surface area contributed by atoms with Gasteiger partial charge in [0.2, 0.25) is 5.69 Å². The van der Waals surface area contributed by atoms with E-state index in [1.54, 1.807) is 14.0 Å². The highest BCUT2D eigenvalue weighted by atomic mass is 16.5. The van der Waals surface area contributed by atoms with E-state index in [0.29, 0.717) is 17.7 Å². The van der Waals surface area contributed by atoms with Crippen molar-refractivity contribution in [2.75, 3.05) is 19.0 Å². The zero-order valence-corrected chi connectivity index (χ0v) is 13.3. The van der Waals surface area contributed by atoms with E-state index in [2.05, 4.69) is 20.4 Å². The third-order valence-corrected chi connectivity index (χ3v) is 3.34. The Labute approximate surface area is 137 Å². The Morgan fingerprint density at radius 1 is 1.33 bits per heavy atom. The quantitative estimate of drug-likeness (QED) is 0.689. The van der Waals surface area contributed by atoms with E-state index in [1.807, 2.05) is 24.3 Å². The highest BCUT2D eigenvalue weighted by Gasteiger charge is 2.22. The summed E-state index contributed by atoms with van der Waals surface area (Å²) in [4.78, 5) is 20.1. The van der Waals surface area contributed by atoms with E-state index in [0.717, 1.165) is 11.3 Å². The fourth-order valence-electron chi connectivity index (χ4n) is 2.23. The number of aromatic nitrogens is 3. The molecule has 0 spiro atoms. The summed E-state index contributed by atoms with van der Waals surface area (Å²) in [7, 11) is 1.61. The minimum atomic E-state index is -0.574. The van der Waals surface area contributed by atoms with Gasteiger partial charge in [0, 0.05) is 6.54 Å². The van der Waals surface area contributed by atoms with Gasteiger partial charge in [0.1, 0.15) is 23.3 Å². The summed E-state index contributed by atoms with van der Waals surface area (Å²) in [5.41, 5.74) is 1.28. The zero-order chi connectivity index (χ0) is 16.9. The monoisotopic (exact) mass is 328 g/mol. The lowest BCUT2D eigenvalue weighted by Gasteiger charge is -2.08. The number of carbonyl (C=O) groups is 1. The van der Waals surface area contributed by atoms with E-state index in [-0.39, 0.29) is 18.0 Å². The Morgan fingerprint density at radius 3 is 3.00 bits per heavy atom. The van der Waals surface area contributed by atoms with Gasteiger partial charge in [-0.25, -0.2) is 9.78 Å². The van der Waals surface area contributed by atoms with Crippen LogP contribution < -0.4 is 10.1 Å². The summed E-state index contributed by atoms with van der Waals surface area (Å²) in [5.74, 6) is 0.641. The molecule has 0 aliphatic rings. The zero-order valence-electron chi connectivity index (χ0n) is 13.3. The molecular weight excluding hydrogens is 312 g/mol. The summed E-state index contributed by atoms with van der Waals surface area (Å²) in [5, 5.41) is 7.31.